The van der Waals surface area contributed by atoms with Gasteiger partial charge in [-0.3, -0.25) is 0 Å². The molecule has 0 atom stereocenters. The summed E-state index contributed by atoms with van der Waals surface area (Å²) >= 11 is 9.42. The Morgan fingerprint density at radius 1 is 1.31 bits per heavy atom. The number of pyridine rings is 1. The lowest BCUT2D eigenvalue weighted by atomic mass is 10.1. The van der Waals surface area contributed by atoms with Crippen molar-refractivity contribution in [1.29, 1.82) is 0 Å². The van der Waals surface area contributed by atoms with Crippen LogP contribution in [-0.4, -0.2) is 4.98 Å². The Kier molecular flexibility index (Phi) is 2.14. The van der Waals surface area contributed by atoms with Gasteiger partial charge >= 0.3 is 0 Å². The fourth-order valence-electron chi connectivity index (χ4n) is 1.25. The van der Waals surface area contributed by atoms with E-state index >= 15 is 0 Å². The lowest BCUT2D eigenvalue weighted by Crippen LogP contribution is -1.91. The van der Waals surface area contributed by atoms with Crippen LogP contribution in [0, 0.1) is 0 Å². The van der Waals surface area contributed by atoms with Gasteiger partial charge in [0.15, 0.2) is 0 Å². The molecule has 2 aromatic rings. The number of hydrogen-bond acceptors (Lipinski definition) is 2. The first-order valence-electron chi connectivity index (χ1n) is 3.68. The Balaban J connectivity index is 3.00. The fraction of sp³-hybridized carbons (Fsp3) is 0. The van der Waals surface area contributed by atoms with Crippen LogP contribution in [0.15, 0.2) is 28.9 Å². The molecule has 0 saturated carbocycles. The Morgan fingerprint density at radius 2 is 2.08 bits per heavy atom. The maximum atomic E-state index is 5.99. The summed E-state index contributed by atoms with van der Waals surface area (Å²) in [6.07, 6.45) is 1.67. The van der Waals surface area contributed by atoms with Gasteiger partial charge in [-0.05, 0) is 18.2 Å². The van der Waals surface area contributed by atoms with Crippen molar-refractivity contribution in [2.45, 2.75) is 0 Å². The van der Waals surface area contributed by atoms with Crippen LogP contribution in [0.3, 0.4) is 0 Å². The van der Waals surface area contributed by atoms with Gasteiger partial charge in [-0.1, -0.05) is 27.5 Å². The first-order chi connectivity index (χ1) is 6.20. The zero-order valence-electron chi connectivity index (χ0n) is 6.59. The number of aromatic nitrogens is 1. The van der Waals surface area contributed by atoms with E-state index < -0.39 is 0 Å². The molecule has 2 rings (SSSR count). The zero-order chi connectivity index (χ0) is 9.42. The highest BCUT2D eigenvalue weighted by atomic mass is 79.9. The van der Waals surface area contributed by atoms with Gasteiger partial charge in [0.2, 0.25) is 0 Å². The zero-order valence-corrected chi connectivity index (χ0v) is 8.93. The standard InChI is InChI=1S/C9H6BrClN2/c10-6-1-2-7(11)8-5(6)3-4-13-9(8)12/h1-4H,(H2,12,13). The van der Waals surface area contributed by atoms with Crippen molar-refractivity contribution in [2.75, 3.05) is 5.73 Å². The molecule has 0 aliphatic carbocycles. The van der Waals surface area contributed by atoms with Crippen LogP contribution in [0.4, 0.5) is 5.82 Å². The van der Waals surface area contributed by atoms with E-state index in [1.54, 1.807) is 12.3 Å². The van der Waals surface area contributed by atoms with Crippen molar-refractivity contribution in [1.82, 2.24) is 4.98 Å². The van der Waals surface area contributed by atoms with Gasteiger partial charge in [-0.15, -0.1) is 0 Å². The lowest BCUT2D eigenvalue weighted by Gasteiger charge is -2.04. The Bertz CT molecular complexity index is 462. The molecule has 4 heteroatoms. The minimum absolute atomic E-state index is 0.462. The predicted octanol–water partition coefficient (Wildman–Crippen LogP) is 3.23. The summed E-state index contributed by atoms with van der Waals surface area (Å²) in [4.78, 5) is 3.98. The molecule has 0 spiro atoms. The summed E-state index contributed by atoms with van der Waals surface area (Å²) in [6, 6.07) is 5.57. The van der Waals surface area contributed by atoms with Crippen molar-refractivity contribution >= 4 is 44.1 Å². The predicted molar refractivity (Wildman–Crippen MR) is 58.9 cm³/mol. The van der Waals surface area contributed by atoms with Gasteiger partial charge < -0.3 is 5.73 Å². The molecule has 2 nitrogen and oxygen atoms in total. The van der Waals surface area contributed by atoms with Crippen molar-refractivity contribution in [2.24, 2.45) is 0 Å². The summed E-state index contributed by atoms with van der Waals surface area (Å²) in [5, 5.41) is 2.42. The number of nitrogen functional groups attached to an aromatic ring is 1. The van der Waals surface area contributed by atoms with Gasteiger partial charge in [0.1, 0.15) is 5.82 Å². The lowest BCUT2D eigenvalue weighted by molar-refractivity contribution is 1.37. The number of hydrogen-bond donors (Lipinski definition) is 1. The Hall–Kier alpha value is -0.800. The summed E-state index contributed by atoms with van der Waals surface area (Å²) in [5.74, 6) is 0.462. The Labute approximate surface area is 88.8 Å². The number of nitrogens with two attached hydrogens (primary N) is 1. The first-order valence-corrected chi connectivity index (χ1v) is 4.85. The van der Waals surface area contributed by atoms with Crippen molar-refractivity contribution in [3.63, 3.8) is 0 Å². The minimum Gasteiger partial charge on any atom is -0.383 e. The molecule has 0 amide bonds. The number of anilines is 1. The molecule has 0 radical (unpaired) electrons. The second kappa shape index (κ2) is 3.16. The molecule has 66 valence electrons. The summed E-state index contributed by atoms with van der Waals surface area (Å²) < 4.78 is 0.973. The molecule has 1 aromatic heterocycles. The third kappa shape index (κ3) is 1.38. The van der Waals surface area contributed by atoms with Crippen LogP contribution in [0.1, 0.15) is 0 Å². The van der Waals surface area contributed by atoms with E-state index in [1.165, 1.54) is 0 Å². The number of halogens is 2. The first kappa shape index (κ1) is 8.78. The Morgan fingerprint density at radius 3 is 2.77 bits per heavy atom. The SMILES string of the molecule is Nc1nccc2c(Br)ccc(Cl)c12. The minimum atomic E-state index is 0.462. The van der Waals surface area contributed by atoms with Crippen LogP contribution < -0.4 is 5.73 Å². The average molecular weight is 258 g/mol. The van der Waals surface area contributed by atoms with E-state index in [1.807, 2.05) is 12.1 Å². The van der Waals surface area contributed by atoms with E-state index in [0.29, 0.717) is 10.8 Å². The highest BCUT2D eigenvalue weighted by molar-refractivity contribution is 9.10. The highest BCUT2D eigenvalue weighted by Crippen LogP contribution is 2.32. The second-order valence-corrected chi connectivity index (χ2v) is 3.91. The van der Waals surface area contributed by atoms with Gasteiger partial charge in [-0.2, -0.15) is 0 Å². The molecule has 13 heavy (non-hydrogen) atoms. The molecule has 0 fully saturated rings. The van der Waals surface area contributed by atoms with Crippen molar-refractivity contribution in [3.8, 4) is 0 Å². The number of nitrogens with zero attached hydrogens (tertiary/aromatic N) is 1. The maximum Gasteiger partial charge on any atom is 0.132 e. The van der Waals surface area contributed by atoms with E-state index in [4.69, 9.17) is 17.3 Å². The van der Waals surface area contributed by atoms with Crippen LogP contribution in [0.2, 0.25) is 5.02 Å². The highest BCUT2D eigenvalue weighted by Gasteiger charge is 2.05. The summed E-state index contributed by atoms with van der Waals surface area (Å²) in [6.45, 7) is 0. The monoisotopic (exact) mass is 256 g/mol. The largest absolute Gasteiger partial charge is 0.383 e. The van der Waals surface area contributed by atoms with Crippen LogP contribution in [0.25, 0.3) is 10.8 Å². The molecule has 1 heterocycles. The summed E-state index contributed by atoms with van der Waals surface area (Å²) in [5.41, 5.74) is 5.71. The second-order valence-electron chi connectivity index (χ2n) is 2.65. The van der Waals surface area contributed by atoms with E-state index in [-0.39, 0.29) is 0 Å². The molecule has 0 aliphatic rings. The quantitative estimate of drug-likeness (QED) is 0.787. The molecular formula is C9H6BrClN2. The molecule has 0 saturated heterocycles. The number of fused-ring (bicyclic) bond motifs is 1. The van der Waals surface area contributed by atoms with E-state index in [0.717, 1.165) is 15.2 Å². The normalized spacial score (nSPS) is 10.6. The van der Waals surface area contributed by atoms with Crippen LogP contribution in [0.5, 0.6) is 0 Å². The third-order valence-corrected chi connectivity index (χ3v) is 2.86. The molecule has 2 N–H and O–H groups in total. The van der Waals surface area contributed by atoms with Gasteiger partial charge in [0, 0.05) is 21.4 Å². The number of rotatable bonds is 0. The molecule has 0 unspecified atom stereocenters. The van der Waals surface area contributed by atoms with Crippen LogP contribution >= 0.6 is 27.5 Å². The topological polar surface area (TPSA) is 38.9 Å². The number of benzene rings is 1. The fourth-order valence-corrected chi connectivity index (χ4v) is 1.97. The van der Waals surface area contributed by atoms with Crippen molar-refractivity contribution in [3.05, 3.63) is 33.9 Å². The molecule has 0 aliphatic heterocycles. The van der Waals surface area contributed by atoms with Crippen molar-refractivity contribution < 1.29 is 0 Å². The van der Waals surface area contributed by atoms with Gasteiger partial charge in [0.05, 0.1) is 5.02 Å². The summed E-state index contributed by atoms with van der Waals surface area (Å²) in [7, 11) is 0. The maximum absolute atomic E-state index is 5.99. The van der Waals surface area contributed by atoms with Gasteiger partial charge in [0.25, 0.3) is 0 Å². The third-order valence-electron chi connectivity index (χ3n) is 1.85. The van der Waals surface area contributed by atoms with E-state index in [9.17, 15) is 0 Å². The molecular weight excluding hydrogens is 251 g/mol. The van der Waals surface area contributed by atoms with E-state index in [2.05, 4.69) is 20.9 Å². The average Bonchev–Trinajstić information content (AvgIpc) is 2.12. The molecule has 1 aromatic carbocycles. The smallest absolute Gasteiger partial charge is 0.132 e. The molecule has 0 bridgehead atoms. The van der Waals surface area contributed by atoms with Crippen LogP contribution in [-0.2, 0) is 0 Å². The van der Waals surface area contributed by atoms with Gasteiger partial charge in [-0.25, -0.2) is 4.98 Å².